The zero-order chi connectivity index (χ0) is 23.2. The molecule has 1 N–H and O–H groups in total. The summed E-state index contributed by atoms with van der Waals surface area (Å²) in [6.07, 6.45) is 1.91. The third kappa shape index (κ3) is 4.04. The Bertz CT molecular complexity index is 1700. The first-order valence-electron chi connectivity index (χ1n) is 11.2. The molecule has 6 rings (SSSR count). The second-order valence-corrected chi connectivity index (χ2v) is 8.51. The standard InChI is InChI=1S/C30H21N2O2.Pt/c1-18-15-22-14-13-19(2)27(28(22)31-17-18)21-8-5-7-20(16-21)23-10-6-12-26-29(23)32-30(34-26)24-9-3-4-11-25(24)33;/h3-15,17,33H,1-2H3;/q-1;. The number of para-hydroxylation sites is 2. The van der Waals surface area contributed by atoms with Gasteiger partial charge in [-0.1, -0.05) is 53.1 Å². The van der Waals surface area contributed by atoms with E-state index in [1.165, 1.54) is 0 Å². The van der Waals surface area contributed by atoms with Gasteiger partial charge in [0, 0.05) is 32.8 Å². The summed E-state index contributed by atoms with van der Waals surface area (Å²) in [5.41, 5.74) is 9.13. The monoisotopic (exact) mass is 636 g/mol. The summed E-state index contributed by atoms with van der Waals surface area (Å²) in [7, 11) is 0. The molecule has 0 radical (unpaired) electrons. The van der Waals surface area contributed by atoms with Gasteiger partial charge < -0.3 is 9.52 Å². The van der Waals surface area contributed by atoms with E-state index < -0.39 is 0 Å². The Morgan fingerprint density at radius 2 is 1.57 bits per heavy atom. The summed E-state index contributed by atoms with van der Waals surface area (Å²) >= 11 is 0. The molecule has 0 saturated carbocycles. The summed E-state index contributed by atoms with van der Waals surface area (Å²) in [5.74, 6) is 0.527. The number of pyridine rings is 1. The van der Waals surface area contributed by atoms with Gasteiger partial charge in [-0.15, -0.1) is 35.4 Å². The van der Waals surface area contributed by atoms with Gasteiger partial charge in [0.15, 0.2) is 0 Å². The maximum absolute atomic E-state index is 10.3. The first kappa shape index (κ1) is 23.0. The van der Waals surface area contributed by atoms with Crippen molar-refractivity contribution in [3.63, 3.8) is 0 Å². The molecule has 0 aliphatic carbocycles. The van der Waals surface area contributed by atoms with Gasteiger partial charge in [-0.25, -0.2) is 4.98 Å². The van der Waals surface area contributed by atoms with Crippen molar-refractivity contribution in [3.8, 4) is 39.5 Å². The van der Waals surface area contributed by atoms with E-state index in [1.807, 2.05) is 42.6 Å². The second kappa shape index (κ2) is 9.13. The number of aromatic nitrogens is 2. The number of aryl methyl sites for hydroxylation is 2. The van der Waals surface area contributed by atoms with E-state index in [1.54, 1.807) is 18.2 Å². The Balaban J connectivity index is 0.00000253. The van der Waals surface area contributed by atoms with Crippen LogP contribution in [0.5, 0.6) is 5.75 Å². The third-order valence-corrected chi connectivity index (χ3v) is 6.11. The van der Waals surface area contributed by atoms with Crippen molar-refractivity contribution in [1.29, 1.82) is 0 Å². The molecule has 0 spiro atoms. The van der Waals surface area contributed by atoms with Crippen LogP contribution in [0.3, 0.4) is 0 Å². The number of phenolic OH excluding ortho intramolecular Hbond substituents is 1. The number of aromatic hydroxyl groups is 1. The maximum atomic E-state index is 10.3. The fourth-order valence-electron chi connectivity index (χ4n) is 4.46. The SMILES string of the molecule is Cc1cnc2c(-c3[c-]c(-c4cccc5oc(-c6ccccc6O)nc45)ccc3)c(C)ccc2c1.[Pt]. The molecule has 5 heteroatoms. The molecule has 0 amide bonds. The van der Waals surface area contributed by atoms with Gasteiger partial charge >= 0.3 is 0 Å². The topological polar surface area (TPSA) is 59.2 Å². The molecule has 2 aromatic heterocycles. The average Bonchev–Trinajstić information content (AvgIpc) is 3.29. The van der Waals surface area contributed by atoms with Crippen LogP contribution in [0.2, 0.25) is 0 Å². The number of hydrogen-bond acceptors (Lipinski definition) is 4. The summed E-state index contributed by atoms with van der Waals surface area (Å²) < 4.78 is 6.00. The predicted octanol–water partition coefficient (Wildman–Crippen LogP) is 7.50. The normalized spacial score (nSPS) is 11.0. The van der Waals surface area contributed by atoms with Crippen LogP contribution in [0.4, 0.5) is 0 Å². The zero-order valence-corrected chi connectivity index (χ0v) is 21.4. The van der Waals surface area contributed by atoms with Crippen molar-refractivity contribution in [2.45, 2.75) is 13.8 Å². The summed E-state index contributed by atoms with van der Waals surface area (Å²) in [4.78, 5) is 9.49. The van der Waals surface area contributed by atoms with E-state index in [2.05, 4.69) is 44.2 Å². The molecule has 0 atom stereocenters. The molecular weight excluding hydrogens is 615 g/mol. The van der Waals surface area contributed by atoms with Gasteiger partial charge in [0.25, 0.3) is 0 Å². The Morgan fingerprint density at radius 1 is 0.800 bits per heavy atom. The molecule has 35 heavy (non-hydrogen) atoms. The maximum Gasteiger partial charge on any atom is 0.230 e. The molecule has 0 bridgehead atoms. The molecule has 4 aromatic carbocycles. The molecule has 6 aromatic rings. The number of rotatable bonds is 3. The molecule has 0 saturated heterocycles. The number of oxazole rings is 1. The Kier molecular flexibility index (Phi) is 6.00. The predicted molar refractivity (Wildman–Crippen MR) is 136 cm³/mol. The van der Waals surface area contributed by atoms with Gasteiger partial charge in [-0.05, 0) is 49.1 Å². The minimum atomic E-state index is 0. The molecule has 2 heterocycles. The third-order valence-electron chi connectivity index (χ3n) is 6.11. The molecular formula is C30H21N2O2Pt-. The van der Waals surface area contributed by atoms with Crippen LogP contribution in [0.25, 0.3) is 55.7 Å². The molecule has 0 unspecified atom stereocenters. The fourth-order valence-corrected chi connectivity index (χ4v) is 4.46. The van der Waals surface area contributed by atoms with E-state index >= 15 is 0 Å². The van der Waals surface area contributed by atoms with Crippen molar-refractivity contribution in [2.75, 3.05) is 0 Å². The number of benzene rings is 4. The van der Waals surface area contributed by atoms with Crippen LogP contribution in [0.15, 0.2) is 89.5 Å². The molecule has 0 aliphatic rings. The van der Waals surface area contributed by atoms with Gasteiger partial charge in [-0.3, -0.25) is 4.98 Å². The first-order valence-corrected chi connectivity index (χ1v) is 11.2. The Morgan fingerprint density at radius 3 is 2.43 bits per heavy atom. The van der Waals surface area contributed by atoms with Crippen molar-refractivity contribution in [3.05, 3.63) is 102 Å². The summed E-state index contributed by atoms with van der Waals surface area (Å²) in [5, 5.41) is 11.4. The molecule has 0 fully saturated rings. The Labute approximate surface area is 217 Å². The van der Waals surface area contributed by atoms with Crippen LogP contribution in [0, 0.1) is 19.9 Å². The molecule has 174 valence electrons. The van der Waals surface area contributed by atoms with E-state index in [-0.39, 0.29) is 26.8 Å². The zero-order valence-electron chi connectivity index (χ0n) is 19.1. The van der Waals surface area contributed by atoms with Crippen molar-refractivity contribution < 1.29 is 30.6 Å². The van der Waals surface area contributed by atoms with Crippen molar-refractivity contribution in [1.82, 2.24) is 9.97 Å². The summed E-state index contributed by atoms with van der Waals surface area (Å²) in [6, 6.07) is 29.1. The summed E-state index contributed by atoms with van der Waals surface area (Å²) in [6.45, 7) is 4.16. The number of phenols is 1. The second-order valence-electron chi connectivity index (χ2n) is 8.51. The smallest absolute Gasteiger partial charge is 0.230 e. The van der Waals surface area contributed by atoms with E-state index in [0.717, 1.165) is 49.8 Å². The molecule has 4 nitrogen and oxygen atoms in total. The van der Waals surface area contributed by atoms with E-state index in [0.29, 0.717) is 17.0 Å². The van der Waals surface area contributed by atoms with E-state index in [4.69, 9.17) is 14.4 Å². The van der Waals surface area contributed by atoms with Crippen LogP contribution in [-0.4, -0.2) is 15.1 Å². The minimum absolute atomic E-state index is 0. The minimum Gasteiger partial charge on any atom is -0.507 e. The number of nitrogens with zero attached hydrogens (tertiary/aromatic N) is 2. The van der Waals surface area contributed by atoms with Crippen LogP contribution >= 0.6 is 0 Å². The van der Waals surface area contributed by atoms with Crippen molar-refractivity contribution >= 4 is 22.0 Å². The van der Waals surface area contributed by atoms with Gasteiger partial charge in [0.2, 0.25) is 5.89 Å². The van der Waals surface area contributed by atoms with Crippen LogP contribution in [-0.2, 0) is 21.1 Å². The van der Waals surface area contributed by atoms with Crippen molar-refractivity contribution in [2.24, 2.45) is 0 Å². The van der Waals surface area contributed by atoms with E-state index in [9.17, 15) is 5.11 Å². The largest absolute Gasteiger partial charge is 0.507 e. The molecule has 0 aliphatic heterocycles. The Hall–Kier alpha value is -3.75. The van der Waals surface area contributed by atoms with Crippen LogP contribution < -0.4 is 0 Å². The average molecular weight is 637 g/mol. The quantitative estimate of drug-likeness (QED) is 0.205. The van der Waals surface area contributed by atoms with Crippen LogP contribution in [0.1, 0.15) is 11.1 Å². The number of fused-ring (bicyclic) bond motifs is 2. The fraction of sp³-hybridized carbons (Fsp3) is 0.0667. The van der Waals surface area contributed by atoms with Gasteiger partial charge in [-0.2, -0.15) is 0 Å². The number of hydrogen-bond donors (Lipinski definition) is 1. The van der Waals surface area contributed by atoms with Gasteiger partial charge in [0.1, 0.15) is 11.3 Å². The van der Waals surface area contributed by atoms with Gasteiger partial charge in [0.05, 0.1) is 11.1 Å². The first-order chi connectivity index (χ1) is 16.6.